The van der Waals surface area contributed by atoms with Crippen molar-refractivity contribution in [1.82, 2.24) is 34.7 Å². The van der Waals surface area contributed by atoms with Crippen molar-refractivity contribution in [3.63, 3.8) is 0 Å². The second-order valence-corrected chi connectivity index (χ2v) is 8.53. The van der Waals surface area contributed by atoms with Gasteiger partial charge in [0.1, 0.15) is 24.0 Å². The number of aliphatic hydroxyl groups is 3. The van der Waals surface area contributed by atoms with Gasteiger partial charge in [0.2, 0.25) is 0 Å². The largest absolute Gasteiger partial charge is 0.394 e. The quantitative estimate of drug-likeness (QED) is 0.253. The van der Waals surface area contributed by atoms with E-state index in [1.165, 1.54) is 10.9 Å². The SMILES string of the molecule is OCC1OC(n2cnc3c(N[C@@H]4CCOC4)nc(-c4[nH]ncc4-c4ccccn4)nc32)[C@H](O)[C@@H]1O. The maximum atomic E-state index is 10.6. The van der Waals surface area contributed by atoms with Gasteiger partial charge < -0.3 is 30.1 Å². The fourth-order valence-corrected chi connectivity index (χ4v) is 4.44. The zero-order valence-electron chi connectivity index (χ0n) is 18.5. The third-order valence-corrected chi connectivity index (χ3v) is 6.29. The Hall–Kier alpha value is -3.49. The van der Waals surface area contributed by atoms with Crippen LogP contribution in [-0.4, -0.2) is 94.2 Å². The van der Waals surface area contributed by atoms with E-state index in [4.69, 9.17) is 19.4 Å². The molecule has 0 aliphatic carbocycles. The molecule has 5 N–H and O–H groups in total. The highest BCUT2D eigenvalue weighted by atomic mass is 16.6. The highest BCUT2D eigenvalue weighted by Gasteiger charge is 2.44. The highest BCUT2D eigenvalue weighted by Crippen LogP contribution is 2.35. The van der Waals surface area contributed by atoms with E-state index in [0.717, 1.165) is 12.0 Å². The molecule has 2 aliphatic rings. The van der Waals surface area contributed by atoms with Crippen molar-refractivity contribution in [2.45, 2.75) is 37.0 Å². The van der Waals surface area contributed by atoms with Gasteiger partial charge >= 0.3 is 0 Å². The number of pyridine rings is 1. The third-order valence-electron chi connectivity index (χ3n) is 6.29. The molecule has 0 bridgehead atoms. The van der Waals surface area contributed by atoms with Gasteiger partial charge in [0, 0.05) is 18.4 Å². The third kappa shape index (κ3) is 3.83. The van der Waals surface area contributed by atoms with Crippen LogP contribution in [0.5, 0.6) is 0 Å². The molecule has 5 atom stereocenters. The standard InChI is InChI=1S/C22H24N8O5/c31-8-14-17(32)18(33)22(35-14)30-10-24-16-20(26-11-4-6-34-9-11)27-19(28-21(16)30)15-12(7-25-29-15)13-3-1-2-5-23-13/h1-3,5,7,10-11,14,17-18,22,31-33H,4,6,8-9H2,(H,25,29)(H,26,27,28)/t11-,14?,17-,18-,22?/m1/s1. The summed E-state index contributed by atoms with van der Waals surface area (Å²) in [7, 11) is 0. The van der Waals surface area contributed by atoms with Gasteiger partial charge in [-0.1, -0.05) is 6.07 Å². The molecular formula is C22H24N8O5. The van der Waals surface area contributed by atoms with Crippen molar-refractivity contribution in [3.05, 3.63) is 36.9 Å². The van der Waals surface area contributed by atoms with Crippen molar-refractivity contribution in [3.8, 4) is 22.8 Å². The van der Waals surface area contributed by atoms with Crippen LogP contribution in [0, 0.1) is 0 Å². The van der Waals surface area contributed by atoms with E-state index in [9.17, 15) is 15.3 Å². The molecule has 0 amide bonds. The zero-order valence-corrected chi connectivity index (χ0v) is 18.5. The Morgan fingerprint density at radius 2 is 2.09 bits per heavy atom. The molecule has 182 valence electrons. The van der Waals surface area contributed by atoms with Crippen LogP contribution in [0.3, 0.4) is 0 Å². The summed E-state index contributed by atoms with van der Waals surface area (Å²) >= 11 is 0. The van der Waals surface area contributed by atoms with Crippen LogP contribution in [0.2, 0.25) is 0 Å². The van der Waals surface area contributed by atoms with Gasteiger partial charge in [-0.25, -0.2) is 15.0 Å². The molecule has 4 aromatic heterocycles. The Labute approximate surface area is 198 Å². The number of rotatable bonds is 6. The molecule has 2 aliphatic heterocycles. The lowest BCUT2D eigenvalue weighted by Gasteiger charge is -2.17. The molecule has 0 saturated carbocycles. The number of anilines is 1. The predicted molar refractivity (Wildman–Crippen MR) is 122 cm³/mol. The Kier molecular flexibility index (Phi) is 5.62. The summed E-state index contributed by atoms with van der Waals surface area (Å²) in [5.41, 5.74) is 2.84. The molecule has 0 radical (unpaired) electrons. The van der Waals surface area contributed by atoms with Crippen molar-refractivity contribution in [2.75, 3.05) is 25.1 Å². The molecule has 2 saturated heterocycles. The number of ether oxygens (including phenoxy) is 2. The van der Waals surface area contributed by atoms with Crippen molar-refractivity contribution >= 4 is 17.0 Å². The first-order valence-electron chi connectivity index (χ1n) is 11.3. The van der Waals surface area contributed by atoms with Gasteiger partial charge in [-0.05, 0) is 18.6 Å². The number of fused-ring (bicyclic) bond motifs is 1. The lowest BCUT2D eigenvalue weighted by atomic mass is 10.1. The van der Waals surface area contributed by atoms with Gasteiger partial charge in [-0.3, -0.25) is 14.6 Å². The Morgan fingerprint density at radius 1 is 1.17 bits per heavy atom. The van der Waals surface area contributed by atoms with Crippen LogP contribution >= 0.6 is 0 Å². The van der Waals surface area contributed by atoms with E-state index in [2.05, 4.69) is 25.5 Å². The van der Waals surface area contributed by atoms with Crippen molar-refractivity contribution in [1.29, 1.82) is 0 Å². The van der Waals surface area contributed by atoms with Crippen LogP contribution in [0.1, 0.15) is 12.6 Å². The summed E-state index contributed by atoms with van der Waals surface area (Å²) in [6.07, 6.45) is 1.21. The maximum Gasteiger partial charge on any atom is 0.182 e. The normalized spacial score (nSPS) is 26.5. The van der Waals surface area contributed by atoms with Crippen LogP contribution in [0.4, 0.5) is 5.82 Å². The summed E-state index contributed by atoms with van der Waals surface area (Å²) in [6, 6.07) is 5.63. The van der Waals surface area contributed by atoms with Gasteiger partial charge in [-0.15, -0.1) is 0 Å². The molecule has 4 aromatic rings. The number of nitrogens with one attached hydrogen (secondary N) is 2. The van der Waals surface area contributed by atoms with Crippen molar-refractivity contribution < 1.29 is 24.8 Å². The van der Waals surface area contributed by atoms with Gasteiger partial charge in [-0.2, -0.15) is 5.10 Å². The predicted octanol–water partition coefficient (Wildman–Crippen LogP) is 0.0907. The number of aromatic nitrogens is 7. The highest BCUT2D eigenvalue weighted by molar-refractivity contribution is 5.86. The lowest BCUT2D eigenvalue weighted by molar-refractivity contribution is -0.0511. The first-order valence-corrected chi connectivity index (χ1v) is 11.3. The average Bonchev–Trinajstić information content (AvgIpc) is 3.68. The average molecular weight is 480 g/mol. The van der Waals surface area contributed by atoms with Gasteiger partial charge in [0.25, 0.3) is 0 Å². The van der Waals surface area contributed by atoms with Gasteiger partial charge in [0.05, 0.1) is 37.5 Å². The molecule has 0 spiro atoms. The zero-order chi connectivity index (χ0) is 23.9. The monoisotopic (exact) mass is 480 g/mol. The molecule has 13 nitrogen and oxygen atoms in total. The Bertz CT molecular complexity index is 1320. The first kappa shape index (κ1) is 22.0. The summed E-state index contributed by atoms with van der Waals surface area (Å²) in [5, 5.41) is 40.9. The molecular weight excluding hydrogens is 456 g/mol. The van der Waals surface area contributed by atoms with Crippen LogP contribution in [0.15, 0.2) is 36.9 Å². The summed E-state index contributed by atoms with van der Waals surface area (Å²) in [6.45, 7) is 0.761. The lowest BCUT2D eigenvalue weighted by Crippen LogP contribution is -2.33. The Morgan fingerprint density at radius 3 is 2.83 bits per heavy atom. The molecule has 2 unspecified atom stereocenters. The minimum Gasteiger partial charge on any atom is -0.394 e. The smallest absolute Gasteiger partial charge is 0.182 e. The minimum atomic E-state index is -1.28. The van der Waals surface area contributed by atoms with Gasteiger partial charge in [0.15, 0.2) is 29.0 Å². The number of aromatic amines is 1. The number of H-pyrrole nitrogens is 1. The van der Waals surface area contributed by atoms with Crippen LogP contribution in [-0.2, 0) is 9.47 Å². The number of aliphatic hydroxyl groups excluding tert-OH is 3. The maximum absolute atomic E-state index is 10.6. The van der Waals surface area contributed by atoms with E-state index < -0.39 is 31.1 Å². The molecule has 0 aromatic carbocycles. The van der Waals surface area contributed by atoms with Crippen molar-refractivity contribution in [2.24, 2.45) is 0 Å². The minimum absolute atomic E-state index is 0.0528. The second-order valence-electron chi connectivity index (χ2n) is 8.53. The summed E-state index contributed by atoms with van der Waals surface area (Å²) in [5.74, 6) is 0.832. The first-order chi connectivity index (χ1) is 17.1. The number of imidazole rings is 1. The summed E-state index contributed by atoms with van der Waals surface area (Å²) < 4.78 is 12.8. The number of hydrogen-bond acceptors (Lipinski definition) is 11. The fourth-order valence-electron chi connectivity index (χ4n) is 4.44. The topological polar surface area (TPSA) is 176 Å². The second kappa shape index (κ2) is 8.94. The van der Waals surface area contributed by atoms with E-state index in [-0.39, 0.29) is 6.04 Å². The Balaban J connectivity index is 1.48. The molecule has 6 heterocycles. The number of hydrogen-bond donors (Lipinski definition) is 5. The van der Waals surface area contributed by atoms with E-state index in [1.54, 1.807) is 12.4 Å². The van der Waals surface area contributed by atoms with E-state index in [0.29, 0.717) is 47.4 Å². The van der Waals surface area contributed by atoms with E-state index in [1.807, 2.05) is 18.2 Å². The number of nitrogens with zero attached hydrogens (tertiary/aromatic N) is 6. The van der Waals surface area contributed by atoms with Crippen LogP contribution in [0.25, 0.3) is 33.9 Å². The fraction of sp³-hybridized carbons (Fsp3) is 0.409. The van der Waals surface area contributed by atoms with Crippen LogP contribution < -0.4 is 5.32 Å². The van der Waals surface area contributed by atoms with E-state index >= 15 is 0 Å². The summed E-state index contributed by atoms with van der Waals surface area (Å²) in [4.78, 5) is 18.4. The molecule has 13 heteroatoms. The molecule has 35 heavy (non-hydrogen) atoms. The molecule has 6 rings (SSSR count). The molecule has 2 fully saturated rings.